The first-order chi connectivity index (χ1) is 19.9. The van der Waals surface area contributed by atoms with Crippen molar-refractivity contribution >= 4 is 45.2 Å². The van der Waals surface area contributed by atoms with E-state index in [0.717, 1.165) is 35.2 Å². The zero-order valence-electron chi connectivity index (χ0n) is 23.0. The normalized spacial score (nSPS) is 14.2. The number of aromatic nitrogens is 1. The van der Waals surface area contributed by atoms with Gasteiger partial charge in [0.05, 0.1) is 16.8 Å². The summed E-state index contributed by atoms with van der Waals surface area (Å²) >= 11 is 1.36. The van der Waals surface area contributed by atoms with Crippen LogP contribution in [0, 0.1) is 0 Å². The molecule has 208 valence electrons. The Balaban J connectivity index is 1.17. The first-order valence-corrected chi connectivity index (χ1v) is 14.7. The SMILES string of the molecule is CC(C)N1CCN(c2c(-c3cccc(NC(=O)c4sccc4NCc4ccnc5ccccc45)c3)c(=O)c2=O)CC1. The summed E-state index contributed by atoms with van der Waals surface area (Å²) in [7, 11) is 0. The van der Waals surface area contributed by atoms with E-state index in [9.17, 15) is 14.4 Å². The van der Waals surface area contributed by atoms with Crippen molar-refractivity contribution < 1.29 is 4.79 Å². The van der Waals surface area contributed by atoms with Gasteiger partial charge in [0.15, 0.2) is 0 Å². The monoisotopic (exact) mass is 565 g/mol. The molecule has 1 aliphatic heterocycles. The lowest BCUT2D eigenvalue weighted by molar-refractivity contribution is 0.103. The van der Waals surface area contributed by atoms with Crippen molar-refractivity contribution in [3.63, 3.8) is 0 Å². The van der Waals surface area contributed by atoms with Crippen LogP contribution in [0.15, 0.2) is 81.8 Å². The molecular formula is C32H31N5O3S. The minimum atomic E-state index is -0.469. The van der Waals surface area contributed by atoms with Crippen LogP contribution in [-0.4, -0.2) is 48.0 Å². The van der Waals surface area contributed by atoms with E-state index in [2.05, 4.69) is 34.4 Å². The maximum Gasteiger partial charge on any atom is 0.267 e. The summed E-state index contributed by atoms with van der Waals surface area (Å²) in [6.07, 6.45) is 1.79. The highest BCUT2D eigenvalue weighted by Crippen LogP contribution is 2.31. The van der Waals surface area contributed by atoms with E-state index in [4.69, 9.17) is 0 Å². The lowest BCUT2D eigenvalue weighted by atomic mass is 9.96. The molecule has 0 saturated carbocycles. The van der Waals surface area contributed by atoms with Gasteiger partial charge in [-0.25, -0.2) is 0 Å². The summed E-state index contributed by atoms with van der Waals surface area (Å²) in [5.74, 6) is -0.241. The van der Waals surface area contributed by atoms with Gasteiger partial charge in [0, 0.05) is 56.0 Å². The predicted octanol–water partition coefficient (Wildman–Crippen LogP) is 4.95. The van der Waals surface area contributed by atoms with Gasteiger partial charge in [0.1, 0.15) is 10.6 Å². The summed E-state index contributed by atoms with van der Waals surface area (Å²) in [6, 6.07) is 19.5. The number of hydrogen-bond donors (Lipinski definition) is 2. The molecule has 3 heterocycles. The van der Waals surface area contributed by atoms with Crippen LogP contribution < -0.4 is 26.4 Å². The fourth-order valence-corrected chi connectivity index (χ4v) is 6.24. The van der Waals surface area contributed by atoms with Crippen LogP contribution in [0.25, 0.3) is 22.0 Å². The van der Waals surface area contributed by atoms with Crippen LogP contribution in [0.2, 0.25) is 0 Å². The number of nitrogens with one attached hydrogen (secondary N) is 2. The van der Waals surface area contributed by atoms with Gasteiger partial charge in [0.25, 0.3) is 5.91 Å². The van der Waals surface area contributed by atoms with E-state index in [1.165, 1.54) is 11.3 Å². The predicted molar refractivity (Wildman–Crippen MR) is 167 cm³/mol. The Bertz CT molecular complexity index is 1790. The summed E-state index contributed by atoms with van der Waals surface area (Å²) in [5, 5.41) is 9.33. The fourth-order valence-electron chi connectivity index (χ4n) is 5.48. The molecule has 9 heteroatoms. The van der Waals surface area contributed by atoms with Crippen LogP contribution in [-0.2, 0) is 6.54 Å². The molecule has 0 aliphatic carbocycles. The average Bonchev–Trinajstić information content (AvgIpc) is 3.47. The molecule has 0 spiro atoms. The second-order valence-corrected chi connectivity index (χ2v) is 11.5. The van der Waals surface area contributed by atoms with Crippen LogP contribution in [0.1, 0.15) is 29.1 Å². The average molecular weight is 566 g/mol. The Labute approximate surface area is 242 Å². The molecule has 2 aromatic heterocycles. The lowest BCUT2D eigenvalue weighted by Gasteiger charge is -2.38. The summed E-state index contributed by atoms with van der Waals surface area (Å²) < 4.78 is 0. The fraction of sp³-hybridized carbons (Fsp3) is 0.250. The van der Waals surface area contributed by atoms with E-state index in [0.29, 0.717) is 53.1 Å². The topological polar surface area (TPSA) is 94.6 Å². The van der Waals surface area contributed by atoms with Gasteiger partial charge < -0.3 is 15.5 Å². The maximum atomic E-state index is 13.3. The van der Waals surface area contributed by atoms with Crippen LogP contribution in [0.5, 0.6) is 0 Å². The van der Waals surface area contributed by atoms with Crippen LogP contribution >= 0.6 is 11.3 Å². The second kappa shape index (κ2) is 11.3. The number of anilines is 3. The number of carbonyl (C=O) groups is 1. The standard InChI is InChI=1S/C32H31N5O3S/c1-20(2)36-13-15-37(16-14-36)28-27(29(38)30(28)39)21-6-5-7-23(18-21)35-32(40)31-26(11-17-41-31)34-19-22-10-12-33-25-9-4-3-8-24(22)25/h3-12,17-18,20,34H,13-16,19H2,1-2H3,(H,35,40). The second-order valence-electron chi connectivity index (χ2n) is 10.5. The molecule has 1 aliphatic rings. The van der Waals surface area contributed by atoms with Gasteiger partial charge in [-0.1, -0.05) is 30.3 Å². The van der Waals surface area contributed by atoms with E-state index >= 15 is 0 Å². The number of nitrogens with zero attached hydrogens (tertiary/aromatic N) is 3. The number of benzene rings is 2. The molecule has 1 saturated heterocycles. The number of carbonyl (C=O) groups excluding carboxylic acids is 1. The Kier molecular flexibility index (Phi) is 7.38. The number of hydrogen-bond acceptors (Lipinski definition) is 8. The van der Waals surface area contributed by atoms with E-state index in [1.54, 1.807) is 24.4 Å². The van der Waals surface area contributed by atoms with E-state index < -0.39 is 10.9 Å². The van der Waals surface area contributed by atoms with Crippen molar-refractivity contribution in [1.82, 2.24) is 9.88 Å². The third-order valence-electron chi connectivity index (χ3n) is 7.74. The molecule has 0 radical (unpaired) electrons. The van der Waals surface area contributed by atoms with Crippen molar-refractivity contribution in [2.75, 3.05) is 41.7 Å². The summed E-state index contributed by atoms with van der Waals surface area (Å²) in [5.41, 5.74) is 4.01. The maximum absolute atomic E-state index is 13.3. The minimum absolute atomic E-state index is 0.241. The third kappa shape index (κ3) is 5.26. The van der Waals surface area contributed by atoms with Crippen molar-refractivity contribution in [3.05, 3.63) is 103 Å². The third-order valence-corrected chi connectivity index (χ3v) is 8.65. The Hall–Kier alpha value is -4.34. The number of fused-ring (bicyclic) bond motifs is 1. The first-order valence-electron chi connectivity index (χ1n) is 13.8. The van der Waals surface area contributed by atoms with Crippen LogP contribution in [0.3, 0.4) is 0 Å². The number of rotatable bonds is 8. The summed E-state index contributed by atoms with van der Waals surface area (Å²) in [6.45, 7) is 7.98. The molecule has 0 bridgehead atoms. The number of amides is 1. The lowest BCUT2D eigenvalue weighted by Crippen LogP contribution is -2.52. The Morgan fingerprint density at radius 1 is 0.976 bits per heavy atom. The molecule has 3 aromatic carbocycles. The van der Waals surface area contributed by atoms with E-state index in [1.807, 2.05) is 52.7 Å². The van der Waals surface area contributed by atoms with Gasteiger partial charge in [-0.2, -0.15) is 0 Å². The molecule has 8 nitrogen and oxygen atoms in total. The highest BCUT2D eigenvalue weighted by atomic mass is 32.1. The van der Waals surface area contributed by atoms with Crippen molar-refractivity contribution in [3.8, 4) is 11.1 Å². The van der Waals surface area contributed by atoms with Gasteiger partial charge in [-0.3, -0.25) is 24.3 Å². The molecule has 41 heavy (non-hydrogen) atoms. The number of pyridine rings is 1. The molecule has 6 rings (SSSR count). The molecule has 2 N–H and O–H groups in total. The summed E-state index contributed by atoms with van der Waals surface area (Å²) in [4.78, 5) is 48.0. The van der Waals surface area contributed by atoms with Gasteiger partial charge in [-0.15, -0.1) is 11.3 Å². The number of piperazine rings is 1. The first kappa shape index (κ1) is 26.9. The van der Waals surface area contributed by atoms with Crippen molar-refractivity contribution in [2.24, 2.45) is 0 Å². The molecule has 1 fully saturated rings. The zero-order chi connectivity index (χ0) is 28.5. The molecular weight excluding hydrogens is 534 g/mol. The van der Waals surface area contributed by atoms with Crippen molar-refractivity contribution in [1.29, 1.82) is 0 Å². The largest absolute Gasteiger partial charge is 0.380 e. The Morgan fingerprint density at radius 2 is 1.78 bits per heavy atom. The minimum Gasteiger partial charge on any atom is -0.380 e. The van der Waals surface area contributed by atoms with Crippen molar-refractivity contribution in [2.45, 2.75) is 26.4 Å². The molecule has 1 amide bonds. The van der Waals surface area contributed by atoms with Gasteiger partial charge in [0.2, 0.25) is 10.9 Å². The van der Waals surface area contributed by atoms with E-state index in [-0.39, 0.29) is 5.91 Å². The van der Waals surface area contributed by atoms with Gasteiger partial charge >= 0.3 is 0 Å². The zero-order valence-corrected chi connectivity index (χ0v) is 23.8. The van der Waals surface area contributed by atoms with Gasteiger partial charge in [-0.05, 0) is 60.7 Å². The molecule has 0 atom stereocenters. The Morgan fingerprint density at radius 3 is 2.59 bits per heavy atom. The molecule has 5 aromatic rings. The molecule has 0 unspecified atom stereocenters. The quantitative estimate of drug-likeness (QED) is 0.257. The highest BCUT2D eigenvalue weighted by molar-refractivity contribution is 7.12. The van der Waals surface area contributed by atoms with Crippen LogP contribution in [0.4, 0.5) is 17.1 Å². The number of thiophene rings is 1. The smallest absolute Gasteiger partial charge is 0.267 e. The number of para-hydroxylation sites is 1. The highest BCUT2D eigenvalue weighted by Gasteiger charge is 2.30.